The SMILES string of the molecule is N#C[C@@H]1c2ccccc2C=CN1C(=O)c1ccccc1I. The van der Waals surface area contributed by atoms with Crippen LogP contribution in [0.3, 0.4) is 0 Å². The first-order valence-electron chi connectivity index (χ1n) is 6.46. The lowest BCUT2D eigenvalue weighted by atomic mass is 9.96. The van der Waals surface area contributed by atoms with Crippen LogP contribution in [0.15, 0.2) is 54.7 Å². The number of nitrogens with zero attached hydrogens (tertiary/aromatic N) is 2. The molecule has 0 bridgehead atoms. The van der Waals surface area contributed by atoms with Gasteiger partial charge in [0.2, 0.25) is 0 Å². The first kappa shape index (κ1) is 13.8. The number of fused-ring (bicyclic) bond motifs is 1. The lowest BCUT2D eigenvalue weighted by Crippen LogP contribution is -2.32. The van der Waals surface area contributed by atoms with E-state index >= 15 is 0 Å². The molecule has 0 aliphatic carbocycles. The molecule has 3 nitrogen and oxygen atoms in total. The summed E-state index contributed by atoms with van der Waals surface area (Å²) in [6.45, 7) is 0. The standard InChI is InChI=1S/C17H11IN2O/c18-15-8-4-3-7-14(15)17(21)20-10-9-12-5-1-2-6-13(12)16(20)11-19/h1-10,16H/t16-/m1/s1. The maximum Gasteiger partial charge on any atom is 0.260 e. The molecule has 0 saturated carbocycles. The van der Waals surface area contributed by atoms with Crippen LogP contribution in [0.4, 0.5) is 0 Å². The zero-order valence-electron chi connectivity index (χ0n) is 11.0. The minimum Gasteiger partial charge on any atom is -0.294 e. The molecule has 2 aromatic carbocycles. The molecule has 0 saturated heterocycles. The first-order chi connectivity index (χ1) is 10.2. The third-order valence-corrected chi connectivity index (χ3v) is 4.39. The van der Waals surface area contributed by atoms with Crippen LogP contribution in [0.5, 0.6) is 0 Å². The molecule has 0 N–H and O–H groups in total. The average molecular weight is 386 g/mol. The molecular formula is C17H11IN2O. The van der Waals surface area contributed by atoms with E-state index in [0.717, 1.165) is 14.7 Å². The van der Waals surface area contributed by atoms with Crippen molar-refractivity contribution in [3.8, 4) is 6.07 Å². The normalized spacial score (nSPS) is 16.2. The Hall–Kier alpha value is -2.13. The number of halogens is 1. The summed E-state index contributed by atoms with van der Waals surface area (Å²) in [6.07, 6.45) is 3.57. The summed E-state index contributed by atoms with van der Waals surface area (Å²) >= 11 is 2.14. The minimum absolute atomic E-state index is 0.155. The van der Waals surface area contributed by atoms with Crippen LogP contribution in [0.2, 0.25) is 0 Å². The maximum absolute atomic E-state index is 12.7. The van der Waals surface area contributed by atoms with Crippen LogP contribution in [-0.4, -0.2) is 10.8 Å². The molecule has 0 aromatic heterocycles. The van der Waals surface area contributed by atoms with Gasteiger partial charge in [0.25, 0.3) is 5.91 Å². The lowest BCUT2D eigenvalue weighted by Gasteiger charge is -2.28. The predicted molar refractivity (Wildman–Crippen MR) is 89.2 cm³/mol. The van der Waals surface area contributed by atoms with Gasteiger partial charge in [0, 0.05) is 9.77 Å². The number of benzene rings is 2. The average Bonchev–Trinajstić information content (AvgIpc) is 2.53. The summed E-state index contributed by atoms with van der Waals surface area (Å²) in [5, 5.41) is 9.49. The molecule has 1 aliphatic heterocycles. The number of hydrogen-bond donors (Lipinski definition) is 0. The van der Waals surface area contributed by atoms with Crippen molar-refractivity contribution in [3.05, 3.63) is 75.0 Å². The van der Waals surface area contributed by atoms with Crippen molar-refractivity contribution in [3.63, 3.8) is 0 Å². The van der Waals surface area contributed by atoms with E-state index in [4.69, 9.17) is 0 Å². The number of carbonyl (C=O) groups is 1. The van der Waals surface area contributed by atoms with Crippen molar-refractivity contribution < 1.29 is 4.79 Å². The molecule has 0 unspecified atom stereocenters. The summed E-state index contributed by atoms with van der Waals surface area (Å²) in [5.41, 5.74) is 2.46. The minimum atomic E-state index is -0.588. The fourth-order valence-corrected chi connectivity index (χ4v) is 3.02. The Kier molecular flexibility index (Phi) is 3.76. The molecule has 0 spiro atoms. The fourth-order valence-electron chi connectivity index (χ4n) is 2.40. The smallest absolute Gasteiger partial charge is 0.260 e. The third kappa shape index (κ3) is 2.45. The fraction of sp³-hybridized carbons (Fsp3) is 0.0588. The van der Waals surface area contributed by atoms with Gasteiger partial charge in [-0.05, 0) is 51.9 Å². The second-order valence-corrected chi connectivity index (χ2v) is 5.83. The topological polar surface area (TPSA) is 44.1 Å². The predicted octanol–water partition coefficient (Wildman–Crippen LogP) is 3.98. The molecule has 4 heteroatoms. The van der Waals surface area contributed by atoms with E-state index in [1.165, 1.54) is 4.90 Å². The molecule has 21 heavy (non-hydrogen) atoms. The maximum atomic E-state index is 12.7. The molecule has 1 heterocycles. The van der Waals surface area contributed by atoms with Crippen molar-refractivity contribution in [1.29, 1.82) is 5.26 Å². The van der Waals surface area contributed by atoms with Gasteiger partial charge in [-0.25, -0.2) is 0 Å². The summed E-state index contributed by atoms with van der Waals surface area (Å²) < 4.78 is 0.879. The van der Waals surface area contributed by atoms with Gasteiger partial charge in [-0.15, -0.1) is 0 Å². The highest BCUT2D eigenvalue weighted by Crippen LogP contribution is 2.31. The van der Waals surface area contributed by atoms with E-state index in [0.29, 0.717) is 5.56 Å². The Balaban J connectivity index is 2.03. The number of nitriles is 1. The second kappa shape index (κ2) is 5.70. The Bertz CT molecular complexity index is 776. The van der Waals surface area contributed by atoms with Gasteiger partial charge in [0.15, 0.2) is 0 Å². The Labute approximate surface area is 136 Å². The Morgan fingerprint density at radius 2 is 1.86 bits per heavy atom. The van der Waals surface area contributed by atoms with Gasteiger partial charge in [-0.1, -0.05) is 36.4 Å². The Morgan fingerprint density at radius 3 is 2.62 bits per heavy atom. The molecule has 102 valence electrons. The van der Waals surface area contributed by atoms with E-state index in [1.807, 2.05) is 48.5 Å². The summed E-state index contributed by atoms with van der Waals surface area (Å²) in [6, 6.07) is 16.7. The zero-order chi connectivity index (χ0) is 14.8. The van der Waals surface area contributed by atoms with Gasteiger partial charge < -0.3 is 0 Å². The van der Waals surface area contributed by atoms with E-state index in [-0.39, 0.29) is 5.91 Å². The number of carbonyl (C=O) groups excluding carboxylic acids is 1. The van der Waals surface area contributed by atoms with E-state index < -0.39 is 6.04 Å². The Morgan fingerprint density at radius 1 is 1.14 bits per heavy atom. The number of rotatable bonds is 1. The summed E-state index contributed by atoms with van der Waals surface area (Å²) in [4.78, 5) is 14.2. The van der Waals surface area contributed by atoms with Crippen molar-refractivity contribution in [2.24, 2.45) is 0 Å². The lowest BCUT2D eigenvalue weighted by molar-refractivity contribution is 0.0793. The van der Waals surface area contributed by atoms with E-state index in [2.05, 4.69) is 28.7 Å². The largest absolute Gasteiger partial charge is 0.294 e. The van der Waals surface area contributed by atoms with Crippen LogP contribution in [0.25, 0.3) is 6.08 Å². The van der Waals surface area contributed by atoms with Gasteiger partial charge in [0.1, 0.15) is 6.04 Å². The van der Waals surface area contributed by atoms with Gasteiger partial charge in [-0.3, -0.25) is 9.69 Å². The van der Waals surface area contributed by atoms with Crippen molar-refractivity contribution in [2.75, 3.05) is 0 Å². The summed E-state index contributed by atoms with van der Waals surface area (Å²) in [7, 11) is 0. The van der Waals surface area contributed by atoms with Crippen molar-refractivity contribution >= 4 is 34.6 Å². The molecule has 1 atom stereocenters. The molecule has 1 aliphatic rings. The molecular weight excluding hydrogens is 375 g/mol. The van der Waals surface area contributed by atoms with Crippen LogP contribution < -0.4 is 0 Å². The monoisotopic (exact) mass is 386 g/mol. The van der Waals surface area contributed by atoms with E-state index in [9.17, 15) is 10.1 Å². The van der Waals surface area contributed by atoms with Crippen molar-refractivity contribution in [2.45, 2.75) is 6.04 Å². The van der Waals surface area contributed by atoms with Crippen molar-refractivity contribution in [1.82, 2.24) is 4.90 Å². The van der Waals surface area contributed by atoms with Gasteiger partial charge >= 0.3 is 0 Å². The second-order valence-electron chi connectivity index (χ2n) is 4.67. The molecule has 1 amide bonds. The quantitative estimate of drug-likeness (QED) is 0.696. The van der Waals surface area contributed by atoms with Gasteiger partial charge in [0.05, 0.1) is 11.6 Å². The highest BCUT2D eigenvalue weighted by atomic mass is 127. The molecule has 0 radical (unpaired) electrons. The zero-order valence-corrected chi connectivity index (χ0v) is 13.2. The highest BCUT2D eigenvalue weighted by Gasteiger charge is 2.29. The molecule has 0 fully saturated rings. The van der Waals surface area contributed by atoms with E-state index in [1.54, 1.807) is 12.3 Å². The van der Waals surface area contributed by atoms with Crippen LogP contribution >= 0.6 is 22.6 Å². The van der Waals surface area contributed by atoms with Gasteiger partial charge in [-0.2, -0.15) is 5.26 Å². The molecule has 3 rings (SSSR count). The number of amides is 1. The highest BCUT2D eigenvalue weighted by molar-refractivity contribution is 14.1. The molecule has 2 aromatic rings. The van der Waals surface area contributed by atoms with Crippen LogP contribution in [0.1, 0.15) is 27.5 Å². The third-order valence-electron chi connectivity index (χ3n) is 3.44. The van der Waals surface area contributed by atoms with Crippen LogP contribution in [0, 0.1) is 14.9 Å². The first-order valence-corrected chi connectivity index (χ1v) is 7.54. The number of hydrogen-bond acceptors (Lipinski definition) is 2. The van der Waals surface area contributed by atoms with Crippen LogP contribution in [-0.2, 0) is 0 Å². The summed E-state index contributed by atoms with van der Waals surface area (Å²) in [5.74, 6) is -0.155.